The molecule has 0 bridgehead atoms. The Balaban J connectivity index is 0.00000338. The lowest BCUT2D eigenvalue weighted by Crippen LogP contribution is -2.23. The van der Waals surface area contributed by atoms with Gasteiger partial charge in [-0.2, -0.15) is 0 Å². The summed E-state index contributed by atoms with van der Waals surface area (Å²) in [6, 6.07) is 12.6. The Labute approximate surface area is 171 Å². The van der Waals surface area contributed by atoms with Crippen molar-refractivity contribution in [3.8, 4) is 5.75 Å². The second-order valence-electron chi connectivity index (χ2n) is 5.52. The number of halogens is 2. The van der Waals surface area contributed by atoms with Crippen molar-refractivity contribution < 1.29 is 9.13 Å². The molecule has 5 nitrogen and oxygen atoms in total. The van der Waals surface area contributed by atoms with Crippen LogP contribution in [0.15, 0.2) is 47.5 Å². The van der Waals surface area contributed by atoms with Gasteiger partial charge in [0.15, 0.2) is 5.96 Å². The molecule has 3 N–H and O–H groups in total. The van der Waals surface area contributed by atoms with Crippen LogP contribution >= 0.6 is 24.0 Å². The van der Waals surface area contributed by atoms with E-state index in [4.69, 9.17) is 10.5 Å². The molecule has 0 aliphatic rings. The average Bonchev–Trinajstić information content (AvgIpc) is 2.62. The van der Waals surface area contributed by atoms with E-state index in [1.165, 1.54) is 6.07 Å². The lowest BCUT2D eigenvalue weighted by Gasteiger charge is -2.21. The highest BCUT2D eigenvalue weighted by Gasteiger charge is 2.09. The van der Waals surface area contributed by atoms with Crippen LogP contribution in [0.1, 0.15) is 19.4 Å². The SMILES string of the molecule is CCN(CC)c1ccc(CN=C(N)Nc2cccc(OC)c2)cc1F.I. The number of rotatable bonds is 7. The molecule has 0 unspecified atom stereocenters. The third-order valence-electron chi connectivity index (χ3n) is 3.89. The molecule has 0 aromatic heterocycles. The average molecular weight is 472 g/mol. The van der Waals surface area contributed by atoms with Gasteiger partial charge in [0.05, 0.1) is 19.3 Å². The largest absolute Gasteiger partial charge is 0.497 e. The van der Waals surface area contributed by atoms with Gasteiger partial charge in [0.1, 0.15) is 11.6 Å². The zero-order valence-corrected chi connectivity index (χ0v) is 17.7. The van der Waals surface area contributed by atoms with Crippen molar-refractivity contribution in [2.75, 3.05) is 30.4 Å². The van der Waals surface area contributed by atoms with Gasteiger partial charge < -0.3 is 20.7 Å². The van der Waals surface area contributed by atoms with Crippen LogP contribution in [0.5, 0.6) is 5.75 Å². The van der Waals surface area contributed by atoms with Crippen molar-refractivity contribution >= 4 is 41.3 Å². The highest BCUT2D eigenvalue weighted by atomic mass is 127. The molecule has 2 rings (SSSR count). The second-order valence-corrected chi connectivity index (χ2v) is 5.52. The molecular formula is C19H26FIN4O. The van der Waals surface area contributed by atoms with Gasteiger partial charge in [0.2, 0.25) is 0 Å². The molecule has 0 spiro atoms. The van der Waals surface area contributed by atoms with Crippen LogP contribution in [-0.4, -0.2) is 26.2 Å². The number of nitrogens with one attached hydrogen (secondary N) is 1. The van der Waals surface area contributed by atoms with Crippen LogP contribution in [0.3, 0.4) is 0 Å². The Morgan fingerprint density at radius 1 is 1.19 bits per heavy atom. The topological polar surface area (TPSA) is 62.9 Å². The first-order valence-corrected chi connectivity index (χ1v) is 8.31. The summed E-state index contributed by atoms with van der Waals surface area (Å²) in [5.74, 6) is 0.754. The Morgan fingerprint density at radius 3 is 2.54 bits per heavy atom. The van der Waals surface area contributed by atoms with E-state index in [-0.39, 0.29) is 35.8 Å². The Hall–Kier alpha value is -2.03. The monoisotopic (exact) mass is 472 g/mol. The van der Waals surface area contributed by atoms with Gasteiger partial charge in [0.25, 0.3) is 0 Å². The molecule has 0 aliphatic heterocycles. The summed E-state index contributed by atoms with van der Waals surface area (Å²) in [4.78, 5) is 6.24. The van der Waals surface area contributed by atoms with Gasteiger partial charge in [-0.05, 0) is 43.7 Å². The maximum atomic E-state index is 14.3. The molecule has 0 heterocycles. The third-order valence-corrected chi connectivity index (χ3v) is 3.89. The van der Waals surface area contributed by atoms with Crippen molar-refractivity contribution in [2.45, 2.75) is 20.4 Å². The van der Waals surface area contributed by atoms with E-state index in [1.54, 1.807) is 13.2 Å². The fraction of sp³-hybridized carbons (Fsp3) is 0.316. The number of anilines is 2. The maximum Gasteiger partial charge on any atom is 0.193 e. The minimum Gasteiger partial charge on any atom is -0.497 e. The van der Waals surface area contributed by atoms with Crippen LogP contribution in [0.2, 0.25) is 0 Å². The van der Waals surface area contributed by atoms with Crippen molar-refractivity contribution in [1.82, 2.24) is 0 Å². The normalized spacial score (nSPS) is 10.8. The van der Waals surface area contributed by atoms with Crippen LogP contribution in [0, 0.1) is 5.82 Å². The quantitative estimate of drug-likeness (QED) is 0.360. The minimum absolute atomic E-state index is 0. The van der Waals surface area contributed by atoms with E-state index in [9.17, 15) is 4.39 Å². The minimum atomic E-state index is -0.240. The summed E-state index contributed by atoms with van der Waals surface area (Å²) in [6.07, 6.45) is 0. The van der Waals surface area contributed by atoms with Gasteiger partial charge in [-0.1, -0.05) is 12.1 Å². The molecule has 7 heteroatoms. The molecule has 2 aromatic carbocycles. The van der Waals surface area contributed by atoms with E-state index in [1.807, 2.05) is 49.1 Å². The zero-order chi connectivity index (χ0) is 18.2. The molecule has 0 aliphatic carbocycles. The summed E-state index contributed by atoms with van der Waals surface area (Å²) in [5.41, 5.74) is 8.06. The number of aliphatic imine (C=N–C) groups is 1. The Kier molecular flexibility index (Phi) is 9.18. The first kappa shape index (κ1) is 22.0. The fourth-order valence-electron chi connectivity index (χ4n) is 2.53. The smallest absolute Gasteiger partial charge is 0.193 e. The maximum absolute atomic E-state index is 14.3. The number of guanidine groups is 1. The van der Waals surface area contributed by atoms with Crippen molar-refractivity contribution in [2.24, 2.45) is 10.7 Å². The van der Waals surface area contributed by atoms with E-state index in [2.05, 4.69) is 10.3 Å². The molecule has 0 saturated carbocycles. The molecule has 26 heavy (non-hydrogen) atoms. The van der Waals surface area contributed by atoms with Crippen LogP contribution in [-0.2, 0) is 6.54 Å². The summed E-state index contributed by atoms with van der Waals surface area (Å²) >= 11 is 0. The molecule has 2 aromatic rings. The third kappa shape index (κ3) is 6.05. The van der Waals surface area contributed by atoms with Crippen molar-refractivity contribution in [3.05, 3.63) is 53.8 Å². The van der Waals surface area contributed by atoms with E-state index in [0.717, 1.165) is 30.1 Å². The molecule has 142 valence electrons. The number of hydrogen-bond donors (Lipinski definition) is 2. The summed E-state index contributed by atoms with van der Waals surface area (Å²) in [6.45, 7) is 5.85. The lowest BCUT2D eigenvalue weighted by molar-refractivity contribution is 0.415. The number of benzene rings is 2. The van der Waals surface area contributed by atoms with Crippen molar-refractivity contribution in [1.29, 1.82) is 0 Å². The molecular weight excluding hydrogens is 446 g/mol. The number of ether oxygens (including phenoxy) is 1. The zero-order valence-electron chi connectivity index (χ0n) is 15.3. The summed E-state index contributed by atoms with van der Waals surface area (Å²) in [5, 5.41) is 3.00. The van der Waals surface area contributed by atoms with Gasteiger partial charge in [0, 0.05) is 24.8 Å². The highest BCUT2D eigenvalue weighted by molar-refractivity contribution is 14.0. The second kappa shape index (κ2) is 10.8. The van der Waals surface area contributed by atoms with Gasteiger partial charge in [-0.25, -0.2) is 9.38 Å². The molecule has 0 saturated heterocycles. The molecule has 0 radical (unpaired) electrons. The van der Waals surface area contributed by atoms with Gasteiger partial charge in [-0.15, -0.1) is 24.0 Å². The van der Waals surface area contributed by atoms with E-state index >= 15 is 0 Å². The Morgan fingerprint density at radius 2 is 1.92 bits per heavy atom. The molecule has 0 amide bonds. The van der Waals surface area contributed by atoms with Crippen LogP contribution in [0.4, 0.5) is 15.8 Å². The van der Waals surface area contributed by atoms with E-state index in [0.29, 0.717) is 12.2 Å². The first-order chi connectivity index (χ1) is 12.1. The molecule has 0 fully saturated rings. The van der Waals surface area contributed by atoms with Crippen LogP contribution in [0.25, 0.3) is 0 Å². The van der Waals surface area contributed by atoms with E-state index < -0.39 is 0 Å². The molecule has 0 atom stereocenters. The van der Waals surface area contributed by atoms with Crippen molar-refractivity contribution in [3.63, 3.8) is 0 Å². The number of nitrogens with two attached hydrogens (primary N) is 1. The number of methoxy groups -OCH3 is 1. The predicted molar refractivity (Wildman–Crippen MR) is 117 cm³/mol. The summed E-state index contributed by atoms with van der Waals surface area (Å²) < 4.78 is 19.4. The van der Waals surface area contributed by atoms with Gasteiger partial charge in [-0.3, -0.25) is 0 Å². The standard InChI is InChI=1S/C19H25FN4O.HI/c1-4-24(5-2)18-10-9-14(11-17(18)20)13-22-19(21)23-15-7-6-8-16(12-15)25-3;/h6-12H,4-5,13H2,1-3H3,(H3,21,22,23);1H. The Bertz CT molecular complexity index is 735. The summed E-state index contributed by atoms with van der Waals surface area (Å²) in [7, 11) is 1.60. The highest BCUT2D eigenvalue weighted by Crippen LogP contribution is 2.21. The van der Waals surface area contributed by atoms with Crippen LogP contribution < -0.4 is 20.7 Å². The number of nitrogens with zero attached hydrogens (tertiary/aromatic N) is 2. The lowest BCUT2D eigenvalue weighted by atomic mass is 10.2. The first-order valence-electron chi connectivity index (χ1n) is 8.31. The predicted octanol–water partition coefficient (Wildman–Crippen LogP) is 4.23. The fourth-order valence-corrected chi connectivity index (χ4v) is 2.53. The number of hydrogen-bond acceptors (Lipinski definition) is 3. The van der Waals surface area contributed by atoms with Gasteiger partial charge >= 0.3 is 0 Å².